The summed E-state index contributed by atoms with van der Waals surface area (Å²) >= 11 is 1.51. The molecule has 0 spiro atoms. The summed E-state index contributed by atoms with van der Waals surface area (Å²) in [5, 5.41) is 2.80. The first kappa shape index (κ1) is 23.6. The fourth-order valence-corrected chi connectivity index (χ4v) is 5.57. The molecule has 1 fully saturated rings. The number of esters is 1. The molecule has 1 aromatic carbocycles. The molecular formula is C25H32N4O3S. The van der Waals surface area contributed by atoms with Gasteiger partial charge in [-0.3, -0.25) is 4.79 Å². The lowest BCUT2D eigenvalue weighted by atomic mass is 9.91. The predicted octanol–water partition coefficient (Wildman–Crippen LogP) is 3.69. The molecule has 1 aromatic rings. The Kier molecular flexibility index (Phi) is 7.24. The summed E-state index contributed by atoms with van der Waals surface area (Å²) in [6.45, 7) is 12.5. The van der Waals surface area contributed by atoms with Crippen molar-refractivity contribution in [3.05, 3.63) is 57.8 Å². The second-order valence-corrected chi connectivity index (χ2v) is 9.30. The second kappa shape index (κ2) is 10.1. The van der Waals surface area contributed by atoms with Crippen molar-refractivity contribution in [2.75, 3.05) is 39.3 Å². The Hall–Kier alpha value is -2.58. The zero-order chi connectivity index (χ0) is 23.5. The number of allylic oxidation sites excluding steroid dienone is 1. The molecule has 0 bridgehead atoms. The molecule has 1 atom stereocenters. The molecule has 3 aliphatic heterocycles. The molecule has 33 heavy (non-hydrogen) atoms. The normalized spacial score (nSPS) is 21.0. The molecule has 3 heterocycles. The van der Waals surface area contributed by atoms with Crippen molar-refractivity contribution in [3.8, 4) is 0 Å². The van der Waals surface area contributed by atoms with Crippen molar-refractivity contribution in [2.45, 2.75) is 40.2 Å². The van der Waals surface area contributed by atoms with E-state index in [4.69, 9.17) is 9.73 Å². The second-order valence-electron chi connectivity index (χ2n) is 8.46. The maximum Gasteiger partial charge on any atom is 0.338 e. The lowest BCUT2D eigenvalue weighted by molar-refractivity contribution is -0.139. The SMILES string of the molecule is CCOC(=O)C1=C(C)N=C2SC=C(CC(=O)N3CCN(CC)CC3)N2C1c1ccccc1C. The van der Waals surface area contributed by atoms with Crippen molar-refractivity contribution in [2.24, 2.45) is 4.99 Å². The molecule has 1 amide bonds. The zero-order valence-corrected chi connectivity index (χ0v) is 20.7. The number of ether oxygens (including phenoxy) is 1. The van der Waals surface area contributed by atoms with Crippen molar-refractivity contribution < 1.29 is 14.3 Å². The molecule has 7 nitrogen and oxygen atoms in total. The third-order valence-electron chi connectivity index (χ3n) is 6.48. The number of benzene rings is 1. The lowest BCUT2D eigenvalue weighted by Crippen LogP contribution is -2.49. The number of hydrogen-bond acceptors (Lipinski definition) is 7. The van der Waals surface area contributed by atoms with Crippen LogP contribution in [-0.4, -0.2) is 71.1 Å². The number of amidine groups is 1. The molecular weight excluding hydrogens is 436 g/mol. The third-order valence-corrected chi connectivity index (χ3v) is 7.37. The van der Waals surface area contributed by atoms with Gasteiger partial charge in [0.15, 0.2) is 5.17 Å². The van der Waals surface area contributed by atoms with E-state index in [0.717, 1.165) is 54.7 Å². The number of aryl methyl sites for hydroxylation is 1. The van der Waals surface area contributed by atoms with Gasteiger partial charge >= 0.3 is 5.97 Å². The van der Waals surface area contributed by atoms with Crippen LogP contribution in [0.25, 0.3) is 0 Å². The number of piperazine rings is 1. The molecule has 0 aliphatic carbocycles. The van der Waals surface area contributed by atoms with E-state index in [1.165, 1.54) is 11.8 Å². The van der Waals surface area contributed by atoms with Crippen LogP contribution in [0.15, 0.2) is 51.6 Å². The average molecular weight is 469 g/mol. The highest BCUT2D eigenvalue weighted by atomic mass is 32.2. The van der Waals surface area contributed by atoms with E-state index < -0.39 is 0 Å². The third kappa shape index (κ3) is 4.73. The molecule has 1 saturated heterocycles. The topological polar surface area (TPSA) is 65.5 Å². The predicted molar refractivity (Wildman–Crippen MR) is 132 cm³/mol. The van der Waals surface area contributed by atoms with Gasteiger partial charge in [-0.05, 0) is 43.9 Å². The minimum Gasteiger partial charge on any atom is -0.463 e. The highest BCUT2D eigenvalue weighted by Crippen LogP contribution is 2.45. The van der Waals surface area contributed by atoms with Crippen molar-refractivity contribution >= 4 is 28.8 Å². The molecule has 4 rings (SSSR count). The van der Waals surface area contributed by atoms with E-state index in [9.17, 15) is 9.59 Å². The van der Waals surface area contributed by atoms with E-state index in [1.807, 2.05) is 55.3 Å². The number of aliphatic imine (C=N–C) groups is 1. The Balaban J connectivity index is 1.64. The monoisotopic (exact) mass is 468 g/mol. The average Bonchev–Trinajstić information content (AvgIpc) is 3.20. The summed E-state index contributed by atoms with van der Waals surface area (Å²) in [7, 11) is 0. The molecule has 0 aromatic heterocycles. The number of hydrogen-bond donors (Lipinski definition) is 0. The summed E-state index contributed by atoms with van der Waals surface area (Å²) in [6, 6.07) is 7.69. The van der Waals surface area contributed by atoms with Crippen LogP contribution in [0.2, 0.25) is 0 Å². The van der Waals surface area contributed by atoms with Crippen LogP contribution >= 0.6 is 11.8 Å². The first-order valence-corrected chi connectivity index (χ1v) is 12.5. The number of likely N-dealkylation sites (N-methyl/N-ethyl adjacent to an activating group) is 1. The fraction of sp³-hybridized carbons (Fsp3) is 0.480. The highest BCUT2D eigenvalue weighted by molar-refractivity contribution is 8.16. The smallest absolute Gasteiger partial charge is 0.338 e. The minimum absolute atomic E-state index is 0.117. The molecule has 1 unspecified atom stereocenters. The van der Waals surface area contributed by atoms with Gasteiger partial charge in [0.25, 0.3) is 0 Å². The Bertz CT molecular complexity index is 1020. The van der Waals surface area contributed by atoms with Crippen LogP contribution < -0.4 is 0 Å². The number of rotatable bonds is 6. The number of carbonyl (C=O) groups excluding carboxylic acids is 2. The Morgan fingerprint density at radius 3 is 2.52 bits per heavy atom. The van der Waals surface area contributed by atoms with E-state index in [0.29, 0.717) is 17.9 Å². The van der Waals surface area contributed by atoms with Gasteiger partial charge in [0.2, 0.25) is 5.91 Å². The van der Waals surface area contributed by atoms with Crippen molar-refractivity contribution in [3.63, 3.8) is 0 Å². The van der Waals surface area contributed by atoms with Crippen LogP contribution in [-0.2, 0) is 14.3 Å². The summed E-state index contributed by atoms with van der Waals surface area (Å²) in [6.07, 6.45) is 0.287. The van der Waals surface area contributed by atoms with Crippen molar-refractivity contribution in [1.29, 1.82) is 0 Å². The number of carbonyl (C=O) groups is 2. The quantitative estimate of drug-likeness (QED) is 0.594. The van der Waals surface area contributed by atoms with Gasteiger partial charge in [0.05, 0.1) is 30.3 Å². The van der Waals surface area contributed by atoms with Crippen LogP contribution in [0.3, 0.4) is 0 Å². The molecule has 0 saturated carbocycles. The highest BCUT2D eigenvalue weighted by Gasteiger charge is 2.41. The van der Waals surface area contributed by atoms with Crippen LogP contribution in [0, 0.1) is 6.92 Å². The molecule has 8 heteroatoms. The number of fused-ring (bicyclic) bond motifs is 1. The molecule has 3 aliphatic rings. The van der Waals surface area contributed by atoms with E-state index in [1.54, 1.807) is 0 Å². The maximum absolute atomic E-state index is 13.2. The zero-order valence-electron chi connectivity index (χ0n) is 19.8. The van der Waals surface area contributed by atoms with Gasteiger partial charge < -0.3 is 19.4 Å². The van der Waals surface area contributed by atoms with Crippen LogP contribution in [0.1, 0.15) is 44.4 Å². The Morgan fingerprint density at radius 1 is 1.12 bits per heavy atom. The van der Waals surface area contributed by atoms with Crippen molar-refractivity contribution in [1.82, 2.24) is 14.7 Å². The number of thioether (sulfide) groups is 1. The Labute approximate surface area is 200 Å². The largest absolute Gasteiger partial charge is 0.463 e. The Morgan fingerprint density at radius 2 is 1.85 bits per heavy atom. The number of nitrogens with zero attached hydrogens (tertiary/aromatic N) is 4. The van der Waals surface area contributed by atoms with Crippen LogP contribution in [0.4, 0.5) is 0 Å². The first-order valence-electron chi connectivity index (χ1n) is 11.6. The van der Waals surface area contributed by atoms with Crippen LogP contribution in [0.5, 0.6) is 0 Å². The fourth-order valence-electron chi connectivity index (χ4n) is 4.61. The van der Waals surface area contributed by atoms with E-state index in [2.05, 4.69) is 16.7 Å². The van der Waals surface area contributed by atoms with Gasteiger partial charge in [0.1, 0.15) is 0 Å². The van der Waals surface area contributed by atoms with Gasteiger partial charge in [-0.1, -0.05) is 43.0 Å². The van der Waals surface area contributed by atoms with Gasteiger partial charge in [-0.25, -0.2) is 9.79 Å². The lowest BCUT2D eigenvalue weighted by Gasteiger charge is -2.38. The van der Waals surface area contributed by atoms with Gasteiger partial charge in [-0.15, -0.1) is 0 Å². The molecule has 0 N–H and O–H groups in total. The molecule has 0 radical (unpaired) electrons. The molecule has 176 valence electrons. The van der Waals surface area contributed by atoms with Gasteiger partial charge in [-0.2, -0.15) is 0 Å². The van der Waals surface area contributed by atoms with E-state index >= 15 is 0 Å². The summed E-state index contributed by atoms with van der Waals surface area (Å²) in [4.78, 5) is 37.3. The summed E-state index contributed by atoms with van der Waals surface area (Å²) in [5.41, 5.74) is 4.18. The summed E-state index contributed by atoms with van der Waals surface area (Å²) < 4.78 is 5.43. The minimum atomic E-state index is -0.372. The standard InChI is InChI=1S/C25H32N4O3S/c1-5-27-11-13-28(14-12-27)21(30)15-19-16-33-25-26-18(4)22(24(31)32-6-2)23(29(19)25)20-10-8-7-9-17(20)3/h7-10,16,23H,5-6,11-15H2,1-4H3. The van der Waals surface area contributed by atoms with E-state index in [-0.39, 0.29) is 24.3 Å². The first-order chi connectivity index (χ1) is 15.9. The summed E-state index contributed by atoms with van der Waals surface area (Å²) in [5.74, 6) is -0.240. The number of amides is 1. The van der Waals surface area contributed by atoms with Gasteiger partial charge in [0, 0.05) is 31.9 Å². The maximum atomic E-state index is 13.2.